The Bertz CT molecular complexity index is 1260. The van der Waals surface area contributed by atoms with Crippen LogP contribution in [0.2, 0.25) is 0 Å². The summed E-state index contributed by atoms with van der Waals surface area (Å²) in [4.78, 5) is 31.4. The summed E-state index contributed by atoms with van der Waals surface area (Å²) in [7, 11) is 1.36. The molecule has 0 radical (unpaired) electrons. The second kappa shape index (κ2) is 7.96. The van der Waals surface area contributed by atoms with Crippen LogP contribution in [0.5, 0.6) is 0 Å². The number of benzene rings is 1. The van der Waals surface area contributed by atoms with Crippen molar-refractivity contribution in [3.8, 4) is 0 Å². The van der Waals surface area contributed by atoms with Gasteiger partial charge >= 0.3 is 5.97 Å². The second-order valence-corrected chi connectivity index (χ2v) is 7.92. The van der Waals surface area contributed by atoms with Gasteiger partial charge in [0, 0.05) is 37.0 Å². The van der Waals surface area contributed by atoms with Crippen LogP contribution in [-0.4, -0.2) is 51.5 Å². The zero-order valence-electron chi connectivity index (χ0n) is 17.6. The highest BCUT2D eigenvalue weighted by Crippen LogP contribution is 2.41. The highest BCUT2D eigenvalue weighted by Gasteiger charge is 2.41. The Balaban J connectivity index is 1.51. The Hall–Kier alpha value is -3.94. The number of rotatable bonds is 4. The second-order valence-electron chi connectivity index (χ2n) is 7.92. The SMILES string of the molecule is COC(=O)c1ccn2cc(C3(c4ccccc4)CCN(C(=O)c4ccon4)CC3)nc2c1. The molecule has 0 saturated carbocycles. The molecule has 1 aliphatic rings. The first kappa shape index (κ1) is 20.0. The summed E-state index contributed by atoms with van der Waals surface area (Å²) >= 11 is 0. The molecular formula is C24H22N4O4. The number of amides is 1. The summed E-state index contributed by atoms with van der Waals surface area (Å²) in [5.41, 5.74) is 3.18. The quantitative estimate of drug-likeness (QED) is 0.462. The number of methoxy groups -OCH3 is 1. The van der Waals surface area contributed by atoms with Crippen LogP contribution in [0, 0.1) is 0 Å². The van der Waals surface area contributed by atoms with Crippen LogP contribution in [0.3, 0.4) is 0 Å². The molecule has 4 heterocycles. The first-order valence-electron chi connectivity index (χ1n) is 10.4. The third kappa shape index (κ3) is 3.33. The predicted molar refractivity (Wildman–Crippen MR) is 115 cm³/mol. The molecule has 1 aromatic carbocycles. The van der Waals surface area contributed by atoms with Crippen LogP contribution in [0.15, 0.2) is 71.7 Å². The number of carbonyl (C=O) groups is 2. The molecule has 5 rings (SSSR count). The van der Waals surface area contributed by atoms with Crippen molar-refractivity contribution in [2.75, 3.05) is 20.2 Å². The van der Waals surface area contributed by atoms with Crippen molar-refractivity contribution in [1.29, 1.82) is 0 Å². The topological polar surface area (TPSA) is 89.9 Å². The fraction of sp³-hybridized carbons (Fsp3) is 0.250. The molecule has 1 aliphatic heterocycles. The van der Waals surface area contributed by atoms with Gasteiger partial charge in [-0.3, -0.25) is 4.79 Å². The lowest BCUT2D eigenvalue weighted by atomic mass is 9.70. The summed E-state index contributed by atoms with van der Waals surface area (Å²) < 4.78 is 11.6. The first-order valence-corrected chi connectivity index (χ1v) is 10.4. The van der Waals surface area contributed by atoms with Crippen molar-refractivity contribution in [2.24, 2.45) is 0 Å². The zero-order chi connectivity index (χ0) is 22.1. The third-order valence-corrected chi connectivity index (χ3v) is 6.26. The van der Waals surface area contributed by atoms with Gasteiger partial charge in [0.05, 0.1) is 18.4 Å². The Morgan fingerprint density at radius 1 is 1.09 bits per heavy atom. The van der Waals surface area contributed by atoms with E-state index in [-0.39, 0.29) is 11.3 Å². The Morgan fingerprint density at radius 3 is 2.56 bits per heavy atom. The molecule has 8 heteroatoms. The summed E-state index contributed by atoms with van der Waals surface area (Å²) in [5.74, 6) is -0.521. The first-order chi connectivity index (χ1) is 15.6. The molecule has 0 spiro atoms. The molecule has 0 N–H and O–H groups in total. The lowest BCUT2D eigenvalue weighted by Crippen LogP contribution is -2.46. The Labute approximate surface area is 184 Å². The highest BCUT2D eigenvalue weighted by atomic mass is 16.5. The van der Waals surface area contributed by atoms with E-state index in [9.17, 15) is 9.59 Å². The molecule has 1 amide bonds. The van der Waals surface area contributed by atoms with Crippen molar-refractivity contribution in [2.45, 2.75) is 18.3 Å². The molecule has 3 aromatic heterocycles. The van der Waals surface area contributed by atoms with Crippen LogP contribution in [0.25, 0.3) is 5.65 Å². The molecule has 1 saturated heterocycles. The largest absolute Gasteiger partial charge is 0.465 e. The van der Waals surface area contributed by atoms with Gasteiger partial charge in [-0.1, -0.05) is 35.5 Å². The van der Waals surface area contributed by atoms with E-state index in [0.29, 0.717) is 42.8 Å². The number of ether oxygens (including phenoxy) is 1. The molecule has 0 aliphatic carbocycles. The average molecular weight is 430 g/mol. The number of hydrogen-bond acceptors (Lipinski definition) is 6. The smallest absolute Gasteiger partial charge is 0.338 e. The van der Waals surface area contributed by atoms with Gasteiger partial charge in [0.25, 0.3) is 5.91 Å². The Morgan fingerprint density at radius 2 is 1.88 bits per heavy atom. The lowest BCUT2D eigenvalue weighted by molar-refractivity contribution is 0.0600. The maximum atomic E-state index is 12.8. The molecular weight excluding hydrogens is 408 g/mol. The maximum Gasteiger partial charge on any atom is 0.338 e. The standard InChI is InChI=1S/C24H22N4O4/c1-31-23(30)17-7-11-28-16-20(25-21(28)15-17)24(18-5-3-2-4-6-18)9-12-27(13-10-24)22(29)19-8-14-32-26-19/h2-8,11,14-16H,9-10,12-13H2,1H3. The fourth-order valence-corrected chi connectivity index (χ4v) is 4.48. The minimum Gasteiger partial charge on any atom is -0.465 e. The average Bonchev–Trinajstić information content (AvgIpc) is 3.53. The summed E-state index contributed by atoms with van der Waals surface area (Å²) in [5, 5.41) is 3.78. The molecule has 4 aromatic rings. The number of hydrogen-bond donors (Lipinski definition) is 0. The van der Waals surface area contributed by atoms with Crippen LogP contribution < -0.4 is 0 Å². The van der Waals surface area contributed by atoms with E-state index in [4.69, 9.17) is 14.2 Å². The van der Waals surface area contributed by atoms with Gasteiger partial charge in [0.1, 0.15) is 11.9 Å². The van der Waals surface area contributed by atoms with E-state index < -0.39 is 5.97 Å². The van der Waals surface area contributed by atoms with E-state index in [1.165, 1.54) is 13.4 Å². The lowest BCUT2D eigenvalue weighted by Gasteiger charge is -2.41. The molecule has 0 bridgehead atoms. The van der Waals surface area contributed by atoms with Crippen molar-refractivity contribution in [1.82, 2.24) is 19.4 Å². The van der Waals surface area contributed by atoms with Crippen LogP contribution in [-0.2, 0) is 10.2 Å². The van der Waals surface area contributed by atoms with Crippen molar-refractivity contribution < 1.29 is 18.8 Å². The summed E-state index contributed by atoms with van der Waals surface area (Å²) in [6.07, 6.45) is 6.67. The van der Waals surface area contributed by atoms with E-state index in [2.05, 4.69) is 17.3 Å². The Kier molecular flexibility index (Phi) is 4.97. The van der Waals surface area contributed by atoms with Crippen LogP contribution in [0.4, 0.5) is 0 Å². The van der Waals surface area contributed by atoms with Crippen LogP contribution >= 0.6 is 0 Å². The van der Waals surface area contributed by atoms with E-state index in [1.807, 2.05) is 39.9 Å². The number of esters is 1. The number of aromatic nitrogens is 3. The zero-order valence-corrected chi connectivity index (χ0v) is 17.6. The number of nitrogens with zero attached hydrogens (tertiary/aromatic N) is 4. The summed E-state index contributed by atoms with van der Waals surface area (Å²) in [6, 6.07) is 15.3. The third-order valence-electron chi connectivity index (χ3n) is 6.26. The predicted octanol–water partition coefficient (Wildman–Crippen LogP) is 3.33. The maximum absolute atomic E-state index is 12.8. The molecule has 1 fully saturated rings. The highest BCUT2D eigenvalue weighted by molar-refractivity contribution is 5.92. The molecule has 32 heavy (non-hydrogen) atoms. The molecule has 162 valence electrons. The van der Waals surface area contributed by atoms with E-state index >= 15 is 0 Å². The summed E-state index contributed by atoms with van der Waals surface area (Å²) in [6.45, 7) is 1.14. The molecule has 0 atom stereocenters. The van der Waals surface area contributed by atoms with Gasteiger partial charge in [-0.15, -0.1) is 0 Å². The monoisotopic (exact) mass is 430 g/mol. The normalized spacial score (nSPS) is 15.6. The minimum absolute atomic E-state index is 0.127. The fourth-order valence-electron chi connectivity index (χ4n) is 4.48. The van der Waals surface area contributed by atoms with Crippen molar-refractivity contribution in [3.63, 3.8) is 0 Å². The van der Waals surface area contributed by atoms with Gasteiger partial charge in [0.15, 0.2) is 5.69 Å². The van der Waals surface area contributed by atoms with E-state index in [0.717, 1.165) is 11.3 Å². The number of piperidine rings is 1. The number of carbonyl (C=O) groups excluding carboxylic acids is 2. The number of likely N-dealkylation sites (tertiary alicyclic amines) is 1. The van der Waals surface area contributed by atoms with Crippen LogP contribution in [0.1, 0.15) is 44.9 Å². The minimum atomic E-state index is -0.394. The van der Waals surface area contributed by atoms with Gasteiger partial charge in [0.2, 0.25) is 0 Å². The van der Waals surface area contributed by atoms with Crippen molar-refractivity contribution >= 4 is 17.5 Å². The van der Waals surface area contributed by atoms with E-state index in [1.54, 1.807) is 18.2 Å². The molecule has 8 nitrogen and oxygen atoms in total. The number of fused-ring (bicyclic) bond motifs is 1. The van der Waals surface area contributed by atoms with Crippen molar-refractivity contribution in [3.05, 3.63) is 89.7 Å². The van der Waals surface area contributed by atoms with Gasteiger partial charge in [-0.05, 0) is 30.5 Å². The van der Waals surface area contributed by atoms with Gasteiger partial charge in [-0.2, -0.15) is 0 Å². The number of imidazole rings is 1. The number of pyridine rings is 1. The van der Waals surface area contributed by atoms with Gasteiger partial charge < -0.3 is 18.6 Å². The van der Waals surface area contributed by atoms with Gasteiger partial charge in [-0.25, -0.2) is 9.78 Å². The molecule has 0 unspecified atom stereocenters.